The molecule has 1 aliphatic heterocycles. The van der Waals surface area contributed by atoms with Crippen molar-refractivity contribution in [1.29, 1.82) is 0 Å². The summed E-state index contributed by atoms with van der Waals surface area (Å²) in [6.07, 6.45) is 1.34. The smallest absolute Gasteiger partial charge is 0.0681 e. The molecule has 1 aromatic rings. The highest BCUT2D eigenvalue weighted by Gasteiger charge is 2.22. The molecule has 17 heavy (non-hydrogen) atoms. The van der Waals surface area contributed by atoms with E-state index < -0.39 is 0 Å². The molecule has 1 N–H and O–H groups in total. The topological polar surface area (TPSA) is 23.5 Å². The average Bonchev–Trinajstić information content (AvgIpc) is 2.27. The normalized spacial score (nSPS) is 25.1. The van der Waals surface area contributed by atoms with Crippen LogP contribution in [0.4, 0.5) is 5.69 Å². The third kappa shape index (κ3) is 2.81. The summed E-state index contributed by atoms with van der Waals surface area (Å²) in [7, 11) is 0. The Balaban J connectivity index is 2.21. The van der Waals surface area contributed by atoms with Crippen molar-refractivity contribution in [2.24, 2.45) is 11.8 Å². The van der Waals surface area contributed by atoms with Crippen LogP contribution in [0.3, 0.4) is 0 Å². The number of aliphatic hydroxyl groups excluding tert-OH is 1. The van der Waals surface area contributed by atoms with Gasteiger partial charge in [-0.25, -0.2) is 0 Å². The van der Waals surface area contributed by atoms with Crippen molar-refractivity contribution in [3.8, 4) is 0 Å². The molecule has 2 atom stereocenters. The Morgan fingerprint density at radius 2 is 1.88 bits per heavy atom. The Morgan fingerprint density at radius 3 is 2.41 bits per heavy atom. The van der Waals surface area contributed by atoms with Crippen LogP contribution in [0.1, 0.15) is 31.4 Å². The third-order valence-corrected chi connectivity index (χ3v) is 3.65. The van der Waals surface area contributed by atoms with Gasteiger partial charge in [-0.1, -0.05) is 26.0 Å². The van der Waals surface area contributed by atoms with E-state index in [1.165, 1.54) is 17.7 Å². The van der Waals surface area contributed by atoms with Crippen molar-refractivity contribution in [3.05, 3.63) is 29.3 Å². The van der Waals surface area contributed by atoms with Gasteiger partial charge in [0.2, 0.25) is 0 Å². The first-order valence-electron chi connectivity index (χ1n) is 6.55. The molecule has 2 nitrogen and oxygen atoms in total. The molecule has 1 saturated heterocycles. The molecule has 0 amide bonds. The highest BCUT2D eigenvalue weighted by molar-refractivity contribution is 5.54. The summed E-state index contributed by atoms with van der Waals surface area (Å²) in [5, 5.41) is 9.13. The molecule has 1 aliphatic rings. The lowest BCUT2D eigenvalue weighted by Crippen LogP contribution is -2.39. The summed E-state index contributed by atoms with van der Waals surface area (Å²) >= 11 is 0. The van der Waals surface area contributed by atoms with Gasteiger partial charge in [-0.2, -0.15) is 0 Å². The summed E-state index contributed by atoms with van der Waals surface area (Å²) in [6, 6.07) is 6.29. The lowest BCUT2D eigenvalue weighted by atomic mass is 9.91. The van der Waals surface area contributed by atoms with Crippen LogP contribution in [0.5, 0.6) is 0 Å². The zero-order chi connectivity index (χ0) is 12.4. The van der Waals surface area contributed by atoms with Gasteiger partial charge in [0.1, 0.15) is 0 Å². The maximum Gasteiger partial charge on any atom is 0.0681 e. The SMILES string of the molecule is Cc1cc(CO)ccc1N1CC(C)CC(C)C1. The van der Waals surface area contributed by atoms with E-state index in [4.69, 9.17) is 5.11 Å². The zero-order valence-corrected chi connectivity index (χ0v) is 11.1. The highest BCUT2D eigenvalue weighted by Crippen LogP contribution is 2.29. The summed E-state index contributed by atoms with van der Waals surface area (Å²) < 4.78 is 0. The van der Waals surface area contributed by atoms with Gasteiger partial charge >= 0.3 is 0 Å². The molecule has 2 heteroatoms. The minimum atomic E-state index is 0.133. The first kappa shape index (κ1) is 12.4. The predicted octanol–water partition coefficient (Wildman–Crippen LogP) is 2.97. The van der Waals surface area contributed by atoms with E-state index in [0.717, 1.165) is 30.5 Å². The Labute approximate surface area is 104 Å². The number of aliphatic hydroxyl groups is 1. The molecule has 1 fully saturated rings. The Morgan fingerprint density at radius 1 is 1.24 bits per heavy atom. The van der Waals surface area contributed by atoms with Gasteiger partial charge in [0.15, 0.2) is 0 Å². The molecule has 94 valence electrons. The zero-order valence-electron chi connectivity index (χ0n) is 11.1. The minimum Gasteiger partial charge on any atom is -0.392 e. The first-order chi connectivity index (χ1) is 8.10. The number of nitrogens with zero attached hydrogens (tertiary/aromatic N) is 1. The average molecular weight is 233 g/mol. The largest absolute Gasteiger partial charge is 0.392 e. The van der Waals surface area contributed by atoms with E-state index in [0.29, 0.717) is 0 Å². The summed E-state index contributed by atoms with van der Waals surface area (Å²) in [4.78, 5) is 2.50. The van der Waals surface area contributed by atoms with Crippen LogP contribution >= 0.6 is 0 Å². The number of aryl methyl sites for hydroxylation is 1. The van der Waals surface area contributed by atoms with Gasteiger partial charge < -0.3 is 10.0 Å². The molecule has 2 rings (SSSR count). The van der Waals surface area contributed by atoms with Crippen molar-refractivity contribution in [2.45, 2.75) is 33.8 Å². The molecule has 0 radical (unpaired) electrons. The molecule has 0 aromatic heterocycles. The van der Waals surface area contributed by atoms with E-state index >= 15 is 0 Å². The second-order valence-corrected chi connectivity index (χ2v) is 5.63. The van der Waals surface area contributed by atoms with Crippen molar-refractivity contribution >= 4 is 5.69 Å². The molecule has 0 aliphatic carbocycles. The molecule has 0 bridgehead atoms. The van der Waals surface area contributed by atoms with Crippen LogP contribution in [0, 0.1) is 18.8 Å². The fourth-order valence-electron chi connectivity index (χ4n) is 3.03. The van der Waals surface area contributed by atoms with Crippen molar-refractivity contribution in [1.82, 2.24) is 0 Å². The van der Waals surface area contributed by atoms with Crippen LogP contribution in [0.25, 0.3) is 0 Å². The summed E-state index contributed by atoms with van der Waals surface area (Å²) in [6.45, 7) is 9.25. The maximum absolute atomic E-state index is 9.13. The van der Waals surface area contributed by atoms with Crippen LogP contribution in [0.2, 0.25) is 0 Å². The van der Waals surface area contributed by atoms with E-state index in [1.54, 1.807) is 0 Å². The third-order valence-electron chi connectivity index (χ3n) is 3.65. The lowest BCUT2D eigenvalue weighted by molar-refractivity contribution is 0.281. The Kier molecular flexibility index (Phi) is 3.72. The second-order valence-electron chi connectivity index (χ2n) is 5.63. The Hall–Kier alpha value is -1.02. The molecular formula is C15H23NO. The van der Waals surface area contributed by atoms with Crippen molar-refractivity contribution < 1.29 is 5.11 Å². The standard InChI is InChI=1S/C15H23NO/c1-11-6-12(2)9-16(8-11)15-5-4-14(10-17)7-13(15)3/h4-5,7,11-12,17H,6,8-10H2,1-3H3. The molecule has 0 saturated carbocycles. The minimum absolute atomic E-state index is 0.133. The molecule has 2 unspecified atom stereocenters. The van der Waals surface area contributed by atoms with Crippen LogP contribution in [-0.4, -0.2) is 18.2 Å². The van der Waals surface area contributed by atoms with Crippen LogP contribution in [-0.2, 0) is 6.61 Å². The van der Waals surface area contributed by atoms with Crippen LogP contribution in [0.15, 0.2) is 18.2 Å². The monoisotopic (exact) mass is 233 g/mol. The second kappa shape index (κ2) is 5.09. The van der Waals surface area contributed by atoms with Gasteiger partial charge in [-0.05, 0) is 42.4 Å². The van der Waals surface area contributed by atoms with Crippen molar-refractivity contribution in [3.63, 3.8) is 0 Å². The van der Waals surface area contributed by atoms with Gasteiger partial charge in [-0.3, -0.25) is 0 Å². The molecule has 1 heterocycles. The molecular weight excluding hydrogens is 210 g/mol. The Bertz CT molecular complexity index is 379. The number of hydrogen-bond acceptors (Lipinski definition) is 2. The van der Waals surface area contributed by atoms with Gasteiger partial charge in [0.25, 0.3) is 0 Å². The van der Waals surface area contributed by atoms with Gasteiger partial charge in [0, 0.05) is 18.8 Å². The van der Waals surface area contributed by atoms with Gasteiger partial charge in [0.05, 0.1) is 6.61 Å². The molecule has 1 aromatic carbocycles. The van der Waals surface area contributed by atoms with Gasteiger partial charge in [-0.15, -0.1) is 0 Å². The maximum atomic E-state index is 9.13. The fraction of sp³-hybridized carbons (Fsp3) is 0.600. The van der Waals surface area contributed by atoms with E-state index in [-0.39, 0.29) is 6.61 Å². The lowest BCUT2D eigenvalue weighted by Gasteiger charge is -2.37. The van der Waals surface area contributed by atoms with Crippen molar-refractivity contribution in [2.75, 3.05) is 18.0 Å². The number of hydrogen-bond donors (Lipinski definition) is 1. The summed E-state index contributed by atoms with van der Waals surface area (Å²) in [5.74, 6) is 1.55. The number of benzene rings is 1. The van der Waals surface area contributed by atoms with E-state index in [2.05, 4.69) is 37.8 Å². The summed E-state index contributed by atoms with van der Waals surface area (Å²) in [5.41, 5.74) is 3.61. The van der Waals surface area contributed by atoms with E-state index in [1.807, 2.05) is 6.07 Å². The highest BCUT2D eigenvalue weighted by atomic mass is 16.3. The number of rotatable bonds is 2. The van der Waals surface area contributed by atoms with Crippen LogP contribution < -0.4 is 4.90 Å². The predicted molar refractivity (Wildman–Crippen MR) is 72.3 cm³/mol. The fourth-order valence-corrected chi connectivity index (χ4v) is 3.03. The molecule has 0 spiro atoms. The number of piperidine rings is 1. The first-order valence-corrected chi connectivity index (χ1v) is 6.55. The van der Waals surface area contributed by atoms with E-state index in [9.17, 15) is 0 Å². The number of anilines is 1. The quantitative estimate of drug-likeness (QED) is 0.849.